The van der Waals surface area contributed by atoms with E-state index in [1.165, 1.54) is 0 Å². The zero-order chi connectivity index (χ0) is 0. The van der Waals surface area contributed by atoms with Crippen molar-refractivity contribution in [3.05, 3.63) is 0 Å². The average molecular weight is 285 g/mol. The monoisotopic (exact) mass is 284 g/mol. The van der Waals surface area contributed by atoms with Crippen molar-refractivity contribution in [2.75, 3.05) is 0 Å². The molecule has 0 aromatic rings. The van der Waals surface area contributed by atoms with Crippen molar-refractivity contribution in [1.82, 2.24) is 0 Å². The van der Waals surface area contributed by atoms with E-state index in [1.807, 2.05) is 0 Å². The van der Waals surface area contributed by atoms with E-state index < -0.39 is 0 Å². The maximum atomic E-state index is 0. The van der Waals surface area contributed by atoms with E-state index in [2.05, 4.69) is 0 Å². The van der Waals surface area contributed by atoms with Crippen molar-refractivity contribution < 1.29 is 0 Å². The minimum atomic E-state index is 0. The van der Waals surface area contributed by atoms with Gasteiger partial charge < -0.3 is 0 Å². The minimum Gasteiger partial charge on any atom is -0.0149 e. The van der Waals surface area contributed by atoms with E-state index in [-0.39, 0.29) is 70.7 Å². The Hall–Kier alpha value is 2.02. The summed E-state index contributed by atoms with van der Waals surface area (Å²) < 4.78 is 0. The van der Waals surface area contributed by atoms with E-state index in [4.69, 9.17) is 0 Å². The molecule has 0 saturated heterocycles. The molecule has 40 valence electrons. The largest absolute Gasteiger partial charge is 0.0149 e. The summed E-state index contributed by atoms with van der Waals surface area (Å²) in [6.45, 7) is 0. The fourth-order valence-electron chi connectivity index (χ4n) is 0. The van der Waals surface area contributed by atoms with Crippen LogP contribution in [-0.4, -0.2) is 53.3 Å². The molecule has 0 N–H and O–H groups in total. The molecule has 0 fully saturated rings. The van der Waals surface area contributed by atoms with Gasteiger partial charge in [-0.2, -0.15) is 9.90 Å². The molecule has 0 radical (unpaired) electrons. The maximum absolute atomic E-state index is 0. The van der Waals surface area contributed by atoms with Crippen molar-refractivity contribution in [1.29, 1.82) is 0 Å². The molecule has 0 nitrogen and oxygen atoms in total. The van der Waals surface area contributed by atoms with Crippen LogP contribution in [0.1, 0.15) is 7.43 Å². The average Bonchev–Trinajstić information content (AvgIpc) is 0. The third-order valence-corrected chi connectivity index (χ3v) is 0. The van der Waals surface area contributed by atoms with E-state index in [1.54, 1.807) is 0 Å². The van der Waals surface area contributed by atoms with E-state index in [9.17, 15) is 0 Å². The number of rotatable bonds is 0. The van der Waals surface area contributed by atoms with Crippen LogP contribution in [0.25, 0.3) is 0 Å². The van der Waals surface area contributed by atoms with Crippen LogP contribution < -0.4 is 0 Å². The zero-order valence-electron chi connectivity index (χ0n) is 2.12. The van der Waals surface area contributed by atoms with Crippen LogP contribution in [0.15, 0.2) is 0 Å². The summed E-state index contributed by atoms with van der Waals surface area (Å²) in [6, 6.07) is 0. The summed E-state index contributed by atoms with van der Waals surface area (Å²) >= 11 is 0. The maximum Gasteiger partial charge on any atom is -0.0149 e. The molecule has 0 aliphatic carbocycles. The van der Waals surface area contributed by atoms with Gasteiger partial charge in [0, 0.05) is 0 Å². The summed E-state index contributed by atoms with van der Waals surface area (Å²) in [5, 5.41) is 0. The van der Waals surface area contributed by atoms with Gasteiger partial charge >= 0.3 is 42.4 Å². The first-order valence-corrected chi connectivity index (χ1v) is 0. The summed E-state index contributed by atoms with van der Waals surface area (Å²) in [4.78, 5) is 0. The molecule has 0 heterocycles. The Balaban J connectivity index is 0. The first-order chi connectivity index (χ1) is 0. The van der Waals surface area contributed by atoms with Crippen LogP contribution in [0.3, 0.4) is 0 Å². The Kier molecular flexibility index (Phi) is 462. The fourth-order valence-corrected chi connectivity index (χ4v) is 0. The second-order valence-electron chi connectivity index (χ2n) is 0. The second-order valence-corrected chi connectivity index (χ2v) is 0. The molecule has 2 unspecified atom stereocenters. The Labute approximate surface area is 70.3 Å². The predicted molar refractivity (Wildman–Crippen MR) is 49.0 cm³/mol. The molecule has 2 atom stereocenters. The third-order valence-electron chi connectivity index (χ3n) is 0. The quantitative estimate of drug-likeness (QED) is 0.326. The molecule has 0 bridgehead atoms. The molecule has 0 aromatic heterocycles. The van der Waals surface area contributed by atoms with Gasteiger partial charge in [-0.15, -0.1) is 0 Å². The standard InChI is InChI=1S/CH4.AsH3.H3P.Sb.H4Si.3H/h1H4;2*1H3;;1H4;;;. The van der Waals surface area contributed by atoms with Crippen LogP contribution in [-0.2, 0) is 0 Å². The van der Waals surface area contributed by atoms with Gasteiger partial charge in [0.25, 0.3) is 0 Å². The molecule has 0 aliphatic rings. The van der Waals surface area contributed by atoms with Gasteiger partial charge in [0.15, 0.2) is 0 Å². The van der Waals surface area contributed by atoms with E-state index in [0.717, 1.165) is 0 Å². The third kappa shape index (κ3) is 23.8. The van der Waals surface area contributed by atoms with Gasteiger partial charge in [-0.3, -0.25) is 0 Å². The normalized spacial score (nSPS) is 0. The molecule has 0 rings (SSSR count). The molecule has 5 heavy (non-hydrogen) atoms. The summed E-state index contributed by atoms with van der Waals surface area (Å²) in [5.41, 5.74) is 0. The van der Waals surface area contributed by atoms with E-state index in [0.29, 0.717) is 0 Å². The summed E-state index contributed by atoms with van der Waals surface area (Å²) in [5.74, 6) is 0. The fraction of sp³-hybridized carbons (Fsp3) is 1.00. The molecule has 0 amide bonds. The number of hydrogen-bond acceptors (Lipinski definition) is 0. The number of hydrogen-bond donors (Lipinski definition) is 0. The Morgan fingerprint density at radius 3 is 1.00 bits per heavy atom. The van der Waals surface area contributed by atoms with Crippen LogP contribution in [0.5, 0.6) is 0 Å². The van der Waals surface area contributed by atoms with Crippen molar-refractivity contribution in [2.24, 2.45) is 0 Å². The van der Waals surface area contributed by atoms with Gasteiger partial charge in [-0.05, 0) is 11.0 Å². The van der Waals surface area contributed by atoms with Crippen LogP contribution in [0, 0.1) is 0 Å². The van der Waals surface area contributed by atoms with Gasteiger partial charge in [-0.25, -0.2) is 0 Å². The van der Waals surface area contributed by atoms with Gasteiger partial charge in [0.05, 0.1) is 0 Å². The van der Waals surface area contributed by atoms with Gasteiger partial charge in [0.1, 0.15) is 0 Å². The molecular formula is CH17AsPSbSi. The SMILES string of the molecule is C.P.[AsH3].[SbH3].[SiH4]. The molecule has 0 aliphatic heterocycles. The molecule has 4 heteroatoms. The van der Waals surface area contributed by atoms with Gasteiger partial charge in [0.2, 0.25) is 0 Å². The Morgan fingerprint density at radius 2 is 1.00 bits per heavy atom. The summed E-state index contributed by atoms with van der Waals surface area (Å²) in [6.07, 6.45) is 0. The van der Waals surface area contributed by atoms with Crippen molar-refractivity contribution in [3.63, 3.8) is 0 Å². The van der Waals surface area contributed by atoms with Crippen molar-refractivity contribution in [3.8, 4) is 0 Å². The Morgan fingerprint density at radius 1 is 1.00 bits per heavy atom. The second kappa shape index (κ2) is 37.1. The van der Waals surface area contributed by atoms with Crippen molar-refractivity contribution in [2.45, 2.75) is 7.43 Å². The first kappa shape index (κ1) is 62.2. The molecule has 0 saturated carbocycles. The van der Waals surface area contributed by atoms with Crippen LogP contribution in [0.4, 0.5) is 0 Å². The molecule has 0 spiro atoms. The zero-order valence-corrected chi connectivity index (χ0v) is 10.5. The van der Waals surface area contributed by atoms with Crippen LogP contribution in [0.2, 0.25) is 0 Å². The van der Waals surface area contributed by atoms with Crippen molar-refractivity contribution >= 4 is 63.2 Å². The van der Waals surface area contributed by atoms with E-state index >= 15 is 0 Å². The topological polar surface area (TPSA) is 0 Å². The van der Waals surface area contributed by atoms with Gasteiger partial charge in [-0.1, -0.05) is 7.43 Å². The Bertz CT molecular complexity index is 11.6. The molecular weight excluding hydrogens is 268 g/mol. The predicted octanol–water partition coefficient (Wildman–Crippen LogP) is -3.13. The van der Waals surface area contributed by atoms with Crippen LogP contribution >= 0.6 is 9.90 Å². The smallest absolute Gasteiger partial charge is 0.0149 e. The minimum absolute atomic E-state index is 0. The first-order valence-electron chi connectivity index (χ1n) is 0. The molecule has 0 aromatic carbocycles. The summed E-state index contributed by atoms with van der Waals surface area (Å²) in [7, 11) is 0.